The third-order valence-electron chi connectivity index (χ3n) is 5.34. The Hall–Kier alpha value is -3.50. The van der Waals surface area contributed by atoms with Gasteiger partial charge in [0.2, 0.25) is 0 Å². The topological polar surface area (TPSA) is 135 Å². The summed E-state index contributed by atoms with van der Waals surface area (Å²) in [7, 11) is 0. The third kappa shape index (κ3) is 4.87. The molecule has 3 aromatic rings. The minimum atomic E-state index is -0.578. The van der Waals surface area contributed by atoms with Gasteiger partial charge in [-0.3, -0.25) is 14.8 Å². The Bertz CT molecular complexity index is 1110. The van der Waals surface area contributed by atoms with Crippen molar-refractivity contribution in [2.45, 2.75) is 13.3 Å². The van der Waals surface area contributed by atoms with Gasteiger partial charge in [0.15, 0.2) is 11.5 Å². The number of esters is 1. The van der Waals surface area contributed by atoms with Crippen LogP contribution in [0.15, 0.2) is 30.3 Å². The molecular formula is C22H26N6O4. The smallest absolute Gasteiger partial charge is 0.341 e. The number of morpholine rings is 1. The Morgan fingerprint density at radius 2 is 2.00 bits per heavy atom. The van der Waals surface area contributed by atoms with E-state index in [0.717, 1.165) is 44.8 Å². The van der Waals surface area contributed by atoms with Crippen molar-refractivity contribution in [2.24, 2.45) is 0 Å². The van der Waals surface area contributed by atoms with Crippen LogP contribution < -0.4 is 11.1 Å². The van der Waals surface area contributed by atoms with Gasteiger partial charge in [0.05, 0.1) is 25.2 Å². The maximum atomic E-state index is 12.7. The number of fused-ring (bicyclic) bond motifs is 1. The molecule has 10 nitrogen and oxygen atoms in total. The Labute approximate surface area is 185 Å². The minimum absolute atomic E-state index is 0.0325. The molecule has 1 aliphatic heterocycles. The molecule has 4 N–H and O–H groups in total. The van der Waals surface area contributed by atoms with Gasteiger partial charge in [0, 0.05) is 25.2 Å². The SMILES string of the molecule is CCOC(=O)c1cc2c(NC(=O)c3ccc(CCN4CCOCC4)cc3)n[nH]c2nc1N. The Morgan fingerprint density at radius 1 is 1.25 bits per heavy atom. The number of carbonyl (C=O) groups is 2. The Kier molecular flexibility index (Phi) is 6.62. The largest absolute Gasteiger partial charge is 0.462 e. The van der Waals surface area contributed by atoms with Crippen LogP contribution in [0.4, 0.5) is 11.6 Å². The van der Waals surface area contributed by atoms with E-state index in [1.807, 2.05) is 12.1 Å². The standard InChI is InChI=1S/C22H26N6O4/c1-2-32-22(30)16-13-17-19(24-18(16)23)26-27-20(17)25-21(29)15-5-3-14(4-6-15)7-8-28-9-11-31-12-10-28/h3-6,13H,2,7-12H2,1H3,(H4,23,24,25,26,27,29). The normalized spacial score (nSPS) is 14.4. The quantitative estimate of drug-likeness (QED) is 0.476. The Morgan fingerprint density at radius 3 is 2.72 bits per heavy atom. The molecule has 1 aromatic carbocycles. The number of anilines is 2. The molecule has 0 atom stereocenters. The minimum Gasteiger partial charge on any atom is -0.462 e. The summed E-state index contributed by atoms with van der Waals surface area (Å²) in [5, 5.41) is 10.1. The van der Waals surface area contributed by atoms with Crippen LogP contribution in [0.3, 0.4) is 0 Å². The van der Waals surface area contributed by atoms with E-state index < -0.39 is 5.97 Å². The summed E-state index contributed by atoms with van der Waals surface area (Å²) in [5.74, 6) is -0.595. The first kappa shape index (κ1) is 21.7. The third-order valence-corrected chi connectivity index (χ3v) is 5.34. The van der Waals surface area contributed by atoms with E-state index in [1.165, 1.54) is 6.07 Å². The lowest BCUT2D eigenvalue weighted by Crippen LogP contribution is -2.37. The highest BCUT2D eigenvalue weighted by molar-refractivity contribution is 6.08. The van der Waals surface area contributed by atoms with Gasteiger partial charge in [-0.15, -0.1) is 0 Å². The summed E-state index contributed by atoms with van der Waals surface area (Å²) < 4.78 is 10.4. The second kappa shape index (κ2) is 9.75. The fraction of sp³-hybridized carbons (Fsp3) is 0.364. The van der Waals surface area contributed by atoms with E-state index >= 15 is 0 Å². The van der Waals surface area contributed by atoms with Gasteiger partial charge in [-0.2, -0.15) is 5.10 Å². The monoisotopic (exact) mass is 438 g/mol. The Balaban J connectivity index is 1.44. The van der Waals surface area contributed by atoms with Crippen LogP contribution >= 0.6 is 0 Å². The molecule has 0 saturated carbocycles. The lowest BCUT2D eigenvalue weighted by molar-refractivity contribution is 0.0384. The van der Waals surface area contributed by atoms with Gasteiger partial charge in [0.25, 0.3) is 5.91 Å². The molecule has 3 heterocycles. The summed E-state index contributed by atoms with van der Waals surface area (Å²) in [5.41, 5.74) is 8.01. The predicted octanol–water partition coefficient (Wildman–Crippen LogP) is 1.84. The van der Waals surface area contributed by atoms with Crippen LogP contribution in [0.5, 0.6) is 0 Å². The van der Waals surface area contributed by atoms with E-state index in [2.05, 4.69) is 25.4 Å². The number of H-pyrrole nitrogens is 1. The van der Waals surface area contributed by atoms with Crippen molar-refractivity contribution in [2.75, 3.05) is 50.5 Å². The van der Waals surface area contributed by atoms with Crippen LogP contribution in [0.2, 0.25) is 0 Å². The number of nitrogen functional groups attached to an aromatic ring is 1. The van der Waals surface area contributed by atoms with Gasteiger partial charge in [-0.1, -0.05) is 12.1 Å². The van der Waals surface area contributed by atoms with Crippen LogP contribution in [-0.4, -0.2) is 71.4 Å². The van der Waals surface area contributed by atoms with Crippen molar-refractivity contribution < 1.29 is 19.1 Å². The van der Waals surface area contributed by atoms with Gasteiger partial charge in [-0.05, 0) is 37.1 Å². The number of nitrogens with two attached hydrogens (primary N) is 1. The lowest BCUT2D eigenvalue weighted by atomic mass is 10.1. The van der Waals surface area contributed by atoms with Gasteiger partial charge in [0.1, 0.15) is 11.4 Å². The molecule has 0 aliphatic carbocycles. The van der Waals surface area contributed by atoms with Crippen LogP contribution in [0.25, 0.3) is 11.0 Å². The molecule has 1 aliphatic rings. The average molecular weight is 438 g/mol. The molecule has 0 radical (unpaired) electrons. The molecule has 0 spiro atoms. The summed E-state index contributed by atoms with van der Waals surface area (Å²) in [6.45, 7) is 6.36. The maximum absolute atomic E-state index is 12.7. The van der Waals surface area contributed by atoms with Crippen molar-refractivity contribution in [1.29, 1.82) is 0 Å². The average Bonchev–Trinajstić information content (AvgIpc) is 3.19. The molecule has 2 aromatic heterocycles. The van der Waals surface area contributed by atoms with E-state index in [4.69, 9.17) is 15.2 Å². The number of nitrogens with one attached hydrogen (secondary N) is 2. The molecule has 1 fully saturated rings. The van der Waals surface area contributed by atoms with E-state index in [-0.39, 0.29) is 29.7 Å². The van der Waals surface area contributed by atoms with Gasteiger partial charge < -0.3 is 20.5 Å². The number of rotatable bonds is 7. The molecular weight excluding hydrogens is 412 g/mol. The molecule has 32 heavy (non-hydrogen) atoms. The molecule has 1 amide bonds. The van der Waals surface area contributed by atoms with Gasteiger partial charge >= 0.3 is 5.97 Å². The number of aromatic amines is 1. The van der Waals surface area contributed by atoms with E-state index in [9.17, 15) is 9.59 Å². The summed E-state index contributed by atoms with van der Waals surface area (Å²) in [6, 6.07) is 9.01. The highest BCUT2D eigenvalue weighted by Crippen LogP contribution is 2.24. The first-order chi connectivity index (χ1) is 15.5. The lowest BCUT2D eigenvalue weighted by Gasteiger charge is -2.26. The van der Waals surface area contributed by atoms with Crippen molar-refractivity contribution in [3.05, 3.63) is 47.0 Å². The van der Waals surface area contributed by atoms with E-state index in [0.29, 0.717) is 16.6 Å². The highest BCUT2D eigenvalue weighted by atomic mass is 16.5. The van der Waals surface area contributed by atoms with Crippen molar-refractivity contribution >= 4 is 34.5 Å². The number of pyridine rings is 1. The molecule has 168 valence electrons. The second-order valence-corrected chi connectivity index (χ2v) is 7.47. The van der Waals surface area contributed by atoms with Crippen molar-refractivity contribution in [3.8, 4) is 0 Å². The first-order valence-electron chi connectivity index (χ1n) is 10.6. The molecule has 4 rings (SSSR count). The first-order valence-corrected chi connectivity index (χ1v) is 10.6. The number of amides is 1. The molecule has 1 saturated heterocycles. The fourth-order valence-electron chi connectivity index (χ4n) is 3.54. The zero-order valence-electron chi connectivity index (χ0n) is 17.9. The number of benzene rings is 1. The predicted molar refractivity (Wildman–Crippen MR) is 120 cm³/mol. The number of hydrogen-bond acceptors (Lipinski definition) is 8. The van der Waals surface area contributed by atoms with Crippen LogP contribution in [0, 0.1) is 0 Å². The van der Waals surface area contributed by atoms with Crippen LogP contribution in [-0.2, 0) is 15.9 Å². The van der Waals surface area contributed by atoms with Crippen molar-refractivity contribution in [1.82, 2.24) is 20.1 Å². The van der Waals surface area contributed by atoms with Crippen molar-refractivity contribution in [3.63, 3.8) is 0 Å². The molecule has 10 heteroatoms. The summed E-state index contributed by atoms with van der Waals surface area (Å²) in [6.07, 6.45) is 0.912. The number of carbonyl (C=O) groups excluding carboxylic acids is 2. The number of aromatic nitrogens is 3. The van der Waals surface area contributed by atoms with Gasteiger partial charge in [-0.25, -0.2) is 9.78 Å². The second-order valence-electron chi connectivity index (χ2n) is 7.47. The molecule has 0 unspecified atom stereocenters. The maximum Gasteiger partial charge on any atom is 0.341 e. The number of ether oxygens (including phenoxy) is 2. The highest BCUT2D eigenvalue weighted by Gasteiger charge is 2.18. The number of nitrogens with zero attached hydrogens (tertiary/aromatic N) is 3. The van der Waals surface area contributed by atoms with E-state index in [1.54, 1.807) is 19.1 Å². The van der Waals surface area contributed by atoms with Crippen LogP contribution in [0.1, 0.15) is 33.2 Å². The number of hydrogen-bond donors (Lipinski definition) is 3. The zero-order chi connectivity index (χ0) is 22.5. The fourth-order valence-corrected chi connectivity index (χ4v) is 3.54. The molecule has 0 bridgehead atoms. The zero-order valence-corrected chi connectivity index (χ0v) is 17.9. The summed E-state index contributed by atoms with van der Waals surface area (Å²) >= 11 is 0. The summed E-state index contributed by atoms with van der Waals surface area (Å²) in [4.78, 5) is 31.4.